The van der Waals surface area contributed by atoms with Crippen molar-refractivity contribution in [2.24, 2.45) is 0 Å². The molecule has 0 spiro atoms. The summed E-state index contributed by atoms with van der Waals surface area (Å²) in [6.07, 6.45) is 0. The maximum atomic E-state index is 12.0. The zero-order valence-corrected chi connectivity index (χ0v) is 10.6. The van der Waals surface area contributed by atoms with Gasteiger partial charge in [-0.2, -0.15) is 4.98 Å². The molecule has 1 saturated heterocycles. The predicted molar refractivity (Wildman–Crippen MR) is 69.9 cm³/mol. The number of nitrogens with zero attached hydrogens (tertiary/aromatic N) is 2. The number of anilines is 1. The minimum atomic E-state index is -0.287. The van der Waals surface area contributed by atoms with Gasteiger partial charge in [-0.1, -0.05) is 0 Å². The molecule has 3 rings (SSSR count). The second kappa shape index (κ2) is 4.89. The van der Waals surface area contributed by atoms with Crippen LogP contribution in [0.25, 0.3) is 11.0 Å². The highest BCUT2D eigenvalue weighted by molar-refractivity contribution is 5.77. The standard InChI is InChI=1S/C13H14N2O4/c1-17-9-2-3-10-11(8-9)19-13(14-12(10)16)15-4-6-18-7-5-15/h2-3,8H,4-7H2,1H3. The van der Waals surface area contributed by atoms with Gasteiger partial charge in [0.2, 0.25) is 0 Å². The zero-order valence-electron chi connectivity index (χ0n) is 10.6. The van der Waals surface area contributed by atoms with Gasteiger partial charge in [-0.25, -0.2) is 0 Å². The van der Waals surface area contributed by atoms with E-state index in [1.54, 1.807) is 25.3 Å². The molecule has 0 saturated carbocycles. The molecule has 1 aliphatic rings. The molecule has 100 valence electrons. The second-order valence-electron chi connectivity index (χ2n) is 4.26. The Morgan fingerprint density at radius 2 is 2.11 bits per heavy atom. The molecule has 1 aromatic heterocycles. The molecule has 2 aromatic rings. The van der Waals surface area contributed by atoms with Crippen LogP contribution in [0.1, 0.15) is 0 Å². The van der Waals surface area contributed by atoms with Crippen LogP contribution >= 0.6 is 0 Å². The van der Waals surface area contributed by atoms with Crippen LogP contribution in [-0.2, 0) is 4.74 Å². The minimum Gasteiger partial charge on any atom is -0.497 e. The summed E-state index contributed by atoms with van der Waals surface area (Å²) in [5.41, 5.74) is 0.200. The average molecular weight is 262 g/mol. The van der Waals surface area contributed by atoms with Crippen molar-refractivity contribution in [1.29, 1.82) is 0 Å². The van der Waals surface area contributed by atoms with Crippen molar-refractivity contribution in [3.05, 3.63) is 28.6 Å². The van der Waals surface area contributed by atoms with Gasteiger partial charge in [0.05, 0.1) is 25.7 Å². The van der Waals surface area contributed by atoms with Crippen LogP contribution in [0.2, 0.25) is 0 Å². The number of aromatic nitrogens is 1. The fourth-order valence-corrected chi connectivity index (χ4v) is 2.05. The van der Waals surface area contributed by atoms with E-state index in [0.717, 1.165) is 0 Å². The Hall–Kier alpha value is -2.08. The number of methoxy groups -OCH3 is 1. The lowest BCUT2D eigenvalue weighted by Crippen LogP contribution is -2.37. The molecule has 1 aliphatic heterocycles. The molecule has 6 nitrogen and oxygen atoms in total. The van der Waals surface area contributed by atoms with E-state index >= 15 is 0 Å². The predicted octanol–water partition coefficient (Wildman–Crippen LogP) is 1.03. The maximum absolute atomic E-state index is 12.0. The zero-order chi connectivity index (χ0) is 13.2. The van der Waals surface area contributed by atoms with Gasteiger partial charge >= 0.3 is 6.01 Å². The summed E-state index contributed by atoms with van der Waals surface area (Å²) < 4.78 is 16.1. The average Bonchev–Trinajstić information content (AvgIpc) is 2.47. The molecule has 0 amide bonds. The monoisotopic (exact) mass is 262 g/mol. The summed E-state index contributed by atoms with van der Waals surface area (Å²) >= 11 is 0. The van der Waals surface area contributed by atoms with Gasteiger partial charge in [0.15, 0.2) is 0 Å². The fourth-order valence-electron chi connectivity index (χ4n) is 2.05. The molecular weight excluding hydrogens is 248 g/mol. The number of hydrogen-bond acceptors (Lipinski definition) is 6. The first-order valence-corrected chi connectivity index (χ1v) is 6.09. The molecule has 0 N–H and O–H groups in total. The topological polar surface area (TPSA) is 64.8 Å². The van der Waals surface area contributed by atoms with Crippen LogP contribution in [0.4, 0.5) is 6.01 Å². The first kappa shape index (κ1) is 12.0. The minimum absolute atomic E-state index is 0.287. The van der Waals surface area contributed by atoms with E-state index in [-0.39, 0.29) is 5.56 Å². The molecule has 0 bridgehead atoms. The first-order chi connectivity index (χ1) is 9.28. The molecular formula is C13H14N2O4. The van der Waals surface area contributed by atoms with Crippen molar-refractivity contribution in [2.75, 3.05) is 38.3 Å². The van der Waals surface area contributed by atoms with E-state index in [1.165, 1.54) is 0 Å². The van der Waals surface area contributed by atoms with E-state index < -0.39 is 0 Å². The molecule has 0 unspecified atom stereocenters. The van der Waals surface area contributed by atoms with Gasteiger partial charge in [0.1, 0.15) is 11.3 Å². The number of morpholine rings is 1. The smallest absolute Gasteiger partial charge is 0.301 e. The van der Waals surface area contributed by atoms with Crippen molar-refractivity contribution in [3.63, 3.8) is 0 Å². The number of rotatable bonds is 2. The Labute approximate surface area is 109 Å². The first-order valence-electron chi connectivity index (χ1n) is 6.09. The number of hydrogen-bond donors (Lipinski definition) is 0. The summed E-state index contributed by atoms with van der Waals surface area (Å²) in [5, 5.41) is 0.456. The van der Waals surface area contributed by atoms with Gasteiger partial charge in [-0.15, -0.1) is 0 Å². The highest BCUT2D eigenvalue weighted by atomic mass is 16.5. The van der Waals surface area contributed by atoms with Gasteiger partial charge in [-0.3, -0.25) is 4.79 Å². The Morgan fingerprint density at radius 1 is 1.32 bits per heavy atom. The normalized spacial score (nSPS) is 15.7. The van der Waals surface area contributed by atoms with Crippen LogP contribution in [0.15, 0.2) is 27.4 Å². The molecule has 2 heterocycles. The maximum Gasteiger partial charge on any atom is 0.301 e. The highest BCUT2D eigenvalue weighted by Gasteiger charge is 2.17. The Morgan fingerprint density at radius 3 is 2.84 bits per heavy atom. The van der Waals surface area contributed by atoms with E-state index in [0.29, 0.717) is 49.0 Å². The molecule has 0 aliphatic carbocycles. The third-order valence-electron chi connectivity index (χ3n) is 3.10. The summed E-state index contributed by atoms with van der Waals surface area (Å²) in [4.78, 5) is 17.9. The lowest BCUT2D eigenvalue weighted by Gasteiger charge is -2.25. The van der Waals surface area contributed by atoms with Crippen molar-refractivity contribution in [2.45, 2.75) is 0 Å². The van der Waals surface area contributed by atoms with Crippen LogP contribution in [-0.4, -0.2) is 38.4 Å². The molecule has 1 aromatic carbocycles. The molecule has 1 fully saturated rings. The Balaban J connectivity index is 2.08. The number of ether oxygens (including phenoxy) is 2. The van der Waals surface area contributed by atoms with Crippen molar-refractivity contribution in [1.82, 2.24) is 4.98 Å². The van der Waals surface area contributed by atoms with Gasteiger partial charge in [-0.05, 0) is 12.1 Å². The van der Waals surface area contributed by atoms with Crippen molar-refractivity contribution < 1.29 is 13.9 Å². The van der Waals surface area contributed by atoms with Crippen LogP contribution in [0.3, 0.4) is 0 Å². The van der Waals surface area contributed by atoms with Crippen LogP contribution in [0, 0.1) is 0 Å². The SMILES string of the molecule is COc1ccc2c(=O)nc(N3CCOCC3)oc2c1. The Bertz CT molecular complexity index is 647. The Kier molecular flexibility index (Phi) is 3.08. The van der Waals surface area contributed by atoms with Crippen molar-refractivity contribution in [3.8, 4) is 5.75 Å². The number of fused-ring (bicyclic) bond motifs is 1. The summed E-state index contributed by atoms with van der Waals surface area (Å²) in [6, 6.07) is 5.42. The highest BCUT2D eigenvalue weighted by Crippen LogP contribution is 2.21. The van der Waals surface area contributed by atoms with E-state index in [2.05, 4.69) is 4.98 Å². The molecule has 19 heavy (non-hydrogen) atoms. The lowest BCUT2D eigenvalue weighted by atomic mass is 10.2. The lowest BCUT2D eigenvalue weighted by molar-refractivity contribution is 0.120. The van der Waals surface area contributed by atoms with Crippen molar-refractivity contribution >= 4 is 17.0 Å². The largest absolute Gasteiger partial charge is 0.497 e. The van der Waals surface area contributed by atoms with Gasteiger partial charge in [0.25, 0.3) is 5.56 Å². The molecule has 6 heteroatoms. The van der Waals surface area contributed by atoms with Crippen LogP contribution < -0.4 is 15.2 Å². The van der Waals surface area contributed by atoms with E-state index in [4.69, 9.17) is 13.9 Å². The van der Waals surface area contributed by atoms with E-state index in [1.807, 2.05) is 4.90 Å². The molecule has 0 radical (unpaired) electrons. The third-order valence-corrected chi connectivity index (χ3v) is 3.10. The fraction of sp³-hybridized carbons (Fsp3) is 0.385. The number of benzene rings is 1. The van der Waals surface area contributed by atoms with E-state index in [9.17, 15) is 4.79 Å². The quantitative estimate of drug-likeness (QED) is 0.805. The third kappa shape index (κ3) is 2.26. The summed E-state index contributed by atoms with van der Waals surface area (Å²) in [6.45, 7) is 2.57. The van der Waals surface area contributed by atoms with Gasteiger partial charge in [0, 0.05) is 19.2 Å². The summed E-state index contributed by atoms with van der Waals surface area (Å²) in [7, 11) is 1.57. The van der Waals surface area contributed by atoms with Gasteiger partial charge < -0.3 is 18.8 Å². The van der Waals surface area contributed by atoms with Crippen LogP contribution in [0.5, 0.6) is 5.75 Å². The summed E-state index contributed by atoms with van der Waals surface area (Å²) in [5.74, 6) is 0.648. The second-order valence-corrected chi connectivity index (χ2v) is 4.26. The molecule has 0 atom stereocenters.